The molecule has 0 aliphatic carbocycles. The van der Waals surface area contributed by atoms with E-state index in [0.29, 0.717) is 17.4 Å². The lowest BCUT2D eigenvalue weighted by molar-refractivity contribution is -0.120. The summed E-state index contributed by atoms with van der Waals surface area (Å²) in [6.07, 6.45) is 0. The highest BCUT2D eigenvalue weighted by molar-refractivity contribution is 7.22. The highest BCUT2D eigenvalue weighted by Crippen LogP contribution is 2.31. The van der Waals surface area contributed by atoms with Crippen molar-refractivity contribution in [2.24, 2.45) is 0 Å². The number of benzene rings is 3. The number of likely N-dealkylation sites (N-methyl/N-ethyl adjacent to an activating group) is 1. The summed E-state index contributed by atoms with van der Waals surface area (Å²) in [5, 5.41) is 2.90. The molecule has 0 radical (unpaired) electrons. The standard InChI is InChI=1S/C26H29N3O3S/c1-4-28(5-2)14-15-29(26-27-23-13-12-21(31-3)17-24(23)33-26)25(30)18-32-22-11-10-19-8-6-7-9-20(19)16-22/h6-13,16-17H,4-5,14-15,18H2,1-3H3. The van der Waals surface area contributed by atoms with Gasteiger partial charge in [-0.3, -0.25) is 9.69 Å². The Morgan fingerprint density at radius 1 is 0.939 bits per heavy atom. The summed E-state index contributed by atoms with van der Waals surface area (Å²) in [5.74, 6) is 1.35. The molecule has 0 unspecified atom stereocenters. The average molecular weight is 464 g/mol. The second-order valence-electron chi connectivity index (χ2n) is 7.70. The number of methoxy groups -OCH3 is 1. The van der Waals surface area contributed by atoms with Crippen LogP contribution in [0.3, 0.4) is 0 Å². The monoisotopic (exact) mass is 463 g/mol. The molecule has 33 heavy (non-hydrogen) atoms. The van der Waals surface area contributed by atoms with Crippen LogP contribution in [0.2, 0.25) is 0 Å². The molecular weight excluding hydrogens is 434 g/mol. The van der Waals surface area contributed by atoms with E-state index in [1.54, 1.807) is 12.0 Å². The average Bonchev–Trinajstić information content (AvgIpc) is 3.28. The Morgan fingerprint density at radius 2 is 1.70 bits per heavy atom. The van der Waals surface area contributed by atoms with Crippen molar-refractivity contribution in [1.82, 2.24) is 9.88 Å². The lowest BCUT2D eigenvalue weighted by Gasteiger charge is -2.24. The molecule has 6 nitrogen and oxygen atoms in total. The van der Waals surface area contributed by atoms with Crippen molar-refractivity contribution in [2.45, 2.75) is 13.8 Å². The van der Waals surface area contributed by atoms with Gasteiger partial charge in [0, 0.05) is 13.1 Å². The van der Waals surface area contributed by atoms with Crippen LogP contribution in [0.15, 0.2) is 60.7 Å². The molecule has 0 aliphatic heterocycles. The highest BCUT2D eigenvalue weighted by Gasteiger charge is 2.21. The zero-order valence-electron chi connectivity index (χ0n) is 19.3. The molecule has 0 saturated heterocycles. The molecule has 1 amide bonds. The molecule has 0 aliphatic rings. The van der Waals surface area contributed by atoms with Crippen LogP contribution in [0.25, 0.3) is 21.0 Å². The topological polar surface area (TPSA) is 54.9 Å². The quantitative estimate of drug-likeness (QED) is 0.323. The van der Waals surface area contributed by atoms with E-state index in [9.17, 15) is 4.79 Å². The van der Waals surface area contributed by atoms with E-state index in [1.165, 1.54) is 11.3 Å². The molecular formula is C26H29N3O3S. The van der Waals surface area contributed by atoms with Gasteiger partial charge in [0.25, 0.3) is 5.91 Å². The highest BCUT2D eigenvalue weighted by atomic mass is 32.1. The second-order valence-corrected chi connectivity index (χ2v) is 8.71. The summed E-state index contributed by atoms with van der Waals surface area (Å²) in [6.45, 7) is 7.40. The SMILES string of the molecule is CCN(CC)CCN(C(=O)COc1ccc2ccccc2c1)c1nc2ccc(OC)cc2s1. The molecule has 1 aromatic heterocycles. The van der Waals surface area contributed by atoms with E-state index in [4.69, 9.17) is 14.5 Å². The number of carbonyl (C=O) groups is 1. The maximum Gasteiger partial charge on any atom is 0.266 e. The fraction of sp³-hybridized carbons (Fsp3) is 0.308. The molecule has 1 heterocycles. The van der Waals surface area contributed by atoms with Crippen molar-refractivity contribution < 1.29 is 14.3 Å². The lowest BCUT2D eigenvalue weighted by atomic mass is 10.1. The van der Waals surface area contributed by atoms with E-state index in [1.807, 2.05) is 54.6 Å². The molecule has 0 saturated carbocycles. The molecule has 4 aromatic rings. The predicted octanol–water partition coefficient (Wildman–Crippen LogP) is 5.21. The summed E-state index contributed by atoms with van der Waals surface area (Å²) >= 11 is 1.49. The third-order valence-corrected chi connectivity index (χ3v) is 6.77. The number of amides is 1. The smallest absolute Gasteiger partial charge is 0.266 e. The largest absolute Gasteiger partial charge is 0.497 e. The summed E-state index contributed by atoms with van der Waals surface area (Å²) in [4.78, 5) is 22.1. The van der Waals surface area contributed by atoms with Gasteiger partial charge in [0.1, 0.15) is 11.5 Å². The number of carbonyl (C=O) groups excluding carboxylic acids is 1. The predicted molar refractivity (Wildman–Crippen MR) is 136 cm³/mol. The Morgan fingerprint density at radius 3 is 2.45 bits per heavy atom. The van der Waals surface area contributed by atoms with Gasteiger partial charge in [-0.1, -0.05) is 55.5 Å². The fourth-order valence-corrected chi connectivity index (χ4v) is 4.76. The van der Waals surface area contributed by atoms with Gasteiger partial charge in [-0.15, -0.1) is 0 Å². The van der Waals surface area contributed by atoms with Crippen molar-refractivity contribution >= 4 is 43.4 Å². The van der Waals surface area contributed by atoms with Crippen LogP contribution in [-0.4, -0.2) is 55.7 Å². The van der Waals surface area contributed by atoms with E-state index in [-0.39, 0.29) is 12.5 Å². The van der Waals surface area contributed by atoms with E-state index in [0.717, 1.165) is 46.4 Å². The van der Waals surface area contributed by atoms with Crippen LogP contribution in [0, 0.1) is 0 Å². The van der Waals surface area contributed by atoms with E-state index >= 15 is 0 Å². The molecule has 0 fully saturated rings. The number of hydrogen-bond donors (Lipinski definition) is 0. The third-order valence-electron chi connectivity index (χ3n) is 5.73. The molecule has 7 heteroatoms. The Kier molecular flexibility index (Phi) is 7.42. The maximum atomic E-state index is 13.3. The number of thiazole rings is 1. The maximum absolute atomic E-state index is 13.3. The first kappa shape index (κ1) is 23.0. The van der Waals surface area contributed by atoms with E-state index < -0.39 is 0 Å². The van der Waals surface area contributed by atoms with Crippen molar-refractivity contribution in [2.75, 3.05) is 44.8 Å². The minimum atomic E-state index is -0.110. The van der Waals surface area contributed by atoms with Gasteiger partial charge in [0.05, 0.1) is 17.3 Å². The Bertz CT molecular complexity index is 1240. The summed E-state index contributed by atoms with van der Waals surface area (Å²) in [5.41, 5.74) is 0.854. The molecule has 3 aromatic carbocycles. The molecule has 0 spiro atoms. The van der Waals surface area contributed by atoms with Gasteiger partial charge < -0.3 is 14.4 Å². The number of nitrogens with zero attached hydrogens (tertiary/aromatic N) is 3. The third kappa shape index (κ3) is 5.43. The van der Waals surface area contributed by atoms with Crippen LogP contribution >= 0.6 is 11.3 Å². The number of hydrogen-bond acceptors (Lipinski definition) is 6. The number of fused-ring (bicyclic) bond motifs is 2. The van der Waals surface area contributed by atoms with Gasteiger partial charge >= 0.3 is 0 Å². The van der Waals surface area contributed by atoms with Crippen molar-refractivity contribution in [3.63, 3.8) is 0 Å². The first-order valence-electron chi connectivity index (χ1n) is 11.2. The molecule has 0 atom stereocenters. The lowest BCUT2D eigenvalue weighted by Crippen LogP contribution is -2.41. The number of anilines is 1. The van der Waals surface area contributed by atoms with Crippen LogP contribution in [0.5, 0.6) is 11.5 Å². The normalized spacial score (nSPS) is 11.3. The van der Waals surface area contributed by atoms with Gasteiger partial charge in [-0.05, 0) is 54.2 Å². The van der Waals surface area contributed by atoms with Gasteiger partial charge in [-0.25, -0.2) is 4.98 Å². The Hall–Kier alpha value is -3.16. The second kappa shape index (κ2) is 10.6. The molecule has 0 N–H and O–H groups in total. The van der Waals surface area contributed by atoms with Gasteiger partial charge in [-0.2, -0.15) is 0 Å². The summed E-state index contributed by atoms with van der Waals surface area (Å²) in [6, 6.07) is 19.7. The number of rotatable bonds is 10. The van der Waals surface area contributed by atoms with Crippen LogP contribution < -0.4 is 14.4 Å². The summed E-state index contributed by atoms with van der Waals surface area (Å²) < 4.78 is 12.2. The molecule has 0 bridgehead atoms. The first-order chi connectivity index (χ1) is 16.1. The van der Waals surface area contributed by atoms with Crippen LogP contribution in [0.4, 0.5) is 5.13 Å². The fourth-order valence-electron chi connectivity index (χ4n) is 3.72. The van der Waals surface area contributed by atoms with Gasteiger partial charge in [0.2, 0.25) is 0 Å². The van der Waals surface area contributed by atoms with Crippen molar-refractivity contribution in [3.05, 3.63) is 60.7 Å². The first-order valence-corrected chi connectivity index (χ1v) is 12.0. The molecule has 172 valence electrons. The molecule has 4 rings (SSSR count). The summed E-state index contributed by atoms with van der Waals surface area (Å²) in [7, 11) is 1.65. The Labute approximate surface area is 198 Å². The van der Waals surface area contributed by atoms with Crippen molar-refractivity contribution in [3.8, 4) is 11.5 Å². The Balaban J connectivity index is 1.54. The van der Waals surface area contributed by atoms with Crippen LogP contribution in [-0.2, 0) is 4.79 Å². The van der Waals surface area contributed by atoms with E-state index in [2.05, 4.69) is 24.8 Å². The van der Waals surface area contributed by atoms with Gasteiger partial charge in [0.15, 0.2) is 11.7 Å². The minimum Gasteiger partial charge on any atom is -0.497 e. The zero-order valence-corrected chi connectivity index (χ0v) is 20.1. The zero-order chi connectivity index (χ0) is 23.2. The number of aromatic nitrogens is 1. The van der Waals surface area contributed by atoms with Crippen molar-refractivity contribution in [1.29, 1.82) is 0 Å². The minimum absolute atomic E-state index is 0.0458. The number of ether oxygens (including phenoxy) is 2. The van der Waals surface area contributed by atoms with Crippen LogP contribution in [0.1, 0.15) is 13.8 Å².